The highest BCUT2D eigenvalue weighted by atomic mass is 35.5. The number of anilines is 1. The highest BCUT2D eigenvalue weighted by Gasteiger charge is 2.15. The number of hydrogen-bond acceptors (Lipinski definition) is 6. The maximum Gasteiger partial charge on any atom is 0.239 e. The summed E-state index contributed by atoms with van der Waals surface area (Å²) in [5.41, 5.74) is 2.55. The molecule has 0 atom stereocenters. The number of primary sulfonamides is 1. The van der Waals surface area contributed by atoms with Crippen LogP contribution >= 0.6 is 11.6 Å². The third kappa shape index (κ3) is 4.63. The maximum absolute atomic E-state index is 14.5. The van der Waals surface area contributed by atoms with Crippen LogP contribution in [0.5, 0.6) is 5.75 Å². The van der Waals surface area contributed by atoms with Crippen molar-refractivity contribution >= 4 is 38.3 Å². The first-order valence-electron chi connectivity index (χ1n) is 9.90. The largest absolute Gasteiger partial charge is 0.496 e. The molecule has 0 fully saturated rings. The summed E-state index contributed by atoms with van der Waals surface area (Å²) in [4.78, 5) is 8.29. The molecule has 0 saturated carbocycles. The minimum atomic E-state index is -3.91. The van der Waals surface area contributed by atoms with E-state index < -0.39 is 10.0 Å². The Balaban J connectivity index is 1.53. The van der Waals surface area contributed by atoms with Crippen molar-refractivity contribution < 1.29 is 17.5 Å². The Morgan fingerprint density at radius 2 is 1.97 bits per heavy atom. The van der Waals surface area contributed by atoms with Crippen molar-refractivity contribution in [2.24, 2.45) is 5.14 Å². The first kappa shape index (κ1) is 23.0. The van der Waals surface area contributed by atoms with E-state index in [0.29, 0.717) is 41.4 Å². The molecule has 2 aromatic heterocycles. The second kappa shape index (κ2) is 8.97. The number of benzene rings is 2. The number of aromatic nitrogens is 3. The van der Waals surface area contributed by atoms with Crippen LogP contribution in [-0.2, 0) is 16.6 Å². The van der Waals surface area contributed by atoms with E-state index in [-0.39, 0.29) is 15.7 Å². The average molecular weight is 490 g/mol. The first-order chi connectivity index (χ1) is 15.7. The van der Waals surface area contributed by atoms with Crippen molar-refractivity contribution in [3.8, 4) is 17.0 Å². The summed E-state index contributed by atoms with van der Waals surface area (Å²) in [7, 11) is -2.36. The third-order valence-corrected chi connectivity index (χ3v) is 6.63. The second-order valence-electron chi connectivity index (χ2n) is 7.35. The zero-order valence-corrected chi connectivity index (χ0v) is 19.4. The van der Waals surface area contributed by atoms with Crippen molar-refractivity contribution in [1.29, 1.82) is 0 Å². The first-order valence-corrected chi connectivity index (χ1v) is 11.8. The van der Waals surface area contributed by atoms with Gasteiger partial charge in [0.15, 0.2) is 0 Å². The molecule has 3 N–H and O–H groups in total. The number of halogens is 2. The van der Waals surface area contributed by atoms with Gasteiger partial charge in [-0.2, -0.15) is 0 Å². The Labute approximate surface area is 195 Å². The fourth-order valence-corrected chi connectivity index (χ4v) is 4.80. The van der Waals surface area contributed by atoms with Crippen LogP contribution in [0.4, 0.5) is 10.2 Å². The maximum atomic E-state index is 14.5. The lowest BCUT2D eigenvalue weighted by atomic mass is 10.1. The van der Waals surface area contributed by atoms with E-state index >= 15 is 0 Å². The van der Waals surface area contributed by atoms with Gasteiger partial charge in [-0.3, -0.25) is 0 Å². The van der Waals surface area contributed by atoms with Crippen molar-refractivity contribution in [2.75, 3.05) is 19.0 Å². The van der Waals surface area contributed by atoms with Crippen LogP contribution in [0.15, 0.2) is 53.7 Å². The number of nitrogens with one attached hydrogen (secondary N) is 1. The van der Waals surface area contributed by atoms with Gasteiger partial charge in [0.25, 0.3) is 0 Å². The number of fused-ring (bicyclic) bond motifs is 1. The number of sulfonamides is 1. The normalized spacial score (nSPS) is 11.7. The lowest BCUT2D eigenvalue weighted by Crippen LogP contribution is -2.13. The molecule has 0 aliphatic rings. The molecule has 0 unspecified atom stereocenters. The molecule has 2 heterocycles. The molecular weight excluding hydrogens is 469 g/mol. The average Bonchev–Trinajstić information content (AvgIpc) is 3.10. The summed E-state index contributed by atoms with van der Waals surface area (Å²) in [6.45, 7) is 2.88. The van der Waals surface area contributed by atoms with Gasteiger partial charge in [0.2, 0.25) is 10.0 Å². The van der Waals surface area contributed by atoms with E-state index in [9.17, 15) is 12.8 Å². The van der Waals surface area contributed by atoms with E-state index in [1.165, 1.54) is 24.5 Å². The van der Waals surface area contributed by atoms with E-state index in [0.717, 1.165) is 11.1 Å². The molecule has 8 nitrogen and oxygen atoms in total. The standard InChI is InChI=1S/C22H21ClFN5O3S/c1-13-9-15-19(32-2)5-4-17(24)22(15)29(13)8-7-26-21-11-18(27-12-28-21)14-3-6-20(16(23)10-14)33(25,30)31/h3-6,9-12H,7-8H2,1-2H3,(H2,25,30,31)(H,26,27,28). The monoisotopic (exact) mass is 489 g/mol. The molecule has 2 aromatic carbocycles. The molecule has 4 rings (SSSR count). The van der Waals surface area contributed by atoms with Crippen LogP contribution in [-0.4, -0.2) is 36.6 Å². The summed E-state index contributed by atoms with van der Waals surface area (Å²) >= 11 is 6.08. The lowest BCUT2D eigenvalue weighted by Gasteiger charge is -2.12. The van der Waals surface area contributed by atoms with Gasteiger partial charge in [-0.1, -0.05) is 17.7 Å². The van der Waals surface area contributed by atoms with Gasteiger partial charge >= 0.3 is 0 Å². The molecule has 11 heteroatoms. The molecule has 0 aliphatic carbocycles. The number of methoxy groups -OCH3 is 1. The SMILES string of the molecule is COc1ccc(F)c2c1cc(C)n2CCNc1cc(-c2ccc(S(N)(=O)=O)c(Cl)c2)ncn1. The van der Waals surface area contributed by atoms with Gasteiger partial charge in [0.1, 0.15) is 28.6 Å². The van der Waals surface area contributed by atoms with Crippen LogP contribution < -0.4 is 15.2 Å². The minimum absolute atomic E-state index is 0.00976. The molecule has 0 amide bonds. The highest BCUT2D eigenvalue weighted by Crippen LogP contribution is 2.31. The molecule has 4 aromatic rings. The zero-order valence-electron chi connectivity index (χ0n) is 17.8. The van der Waals surface area contributed by atoms with E-state index in [1.54, 1.807) is 25.3 Å². The lowest BCUT2D eigenvalue weighted by molar-refractivity contribution is 0.419. The van der Waals surface area contributed by atoms with Crippen LogP contribution in [0, 0.1) is 12.7 Å². The second-order valence-corrected chi connectivity index (χ2v) is 9.29. The summed E-state index contributed by atoms with van der Waals surface area (Å²) in [5, 5.41) is 9.10. The summed E-state index contributed by atoms with van der Waals surface area (Å²) in [5.74, 6) is 0.857. The van der Waals surface area contributed by atoms with Crippen molar-refractivity contribution in [3.05, 3.63) is 65.3 Å². The fourth-order valence-electron chi connectivity index (χ4n) is 3.70. The van der Waals surface area contributed by atoms with Gasteiger partial charge in [-0.25, -0.2) is 27.9 Å². The molecular formula is C22H21ClFN5O3S. The van der Waals surface area contributed by atoms with Crippen LogP contribution in [0.3, 0.4) is 0 Å². The van der Waals surface area contributed by atoms with Gasteiger partial charge in [-0.15, -0.1) is 0 Å². The van der Waals surface area contributed by atoms with Crippen molar-refractivity contribution in [2.45, 2.75) is 18.4 Å². The number of aryl methyl sites for hydroxylation is 1. The van der Waals surface area contributed by atoms with E-state index in [2.05, 4.69) is 15.3 Å². The van der Waals surface area contributed by atoms with Gasteiger partial charge in [0, 0.05) is 35.8 Å². The van der Waals surface area contributed by atoms with E-state index in [4.69, 9.17) is 21.5 Å². The summed E-state index contributed by atoms with van der Waals surface area (Å²) in [6, 6.07) is 11.0. The van der Waals surface area contributed by atoms with Gasteiger partial charge < -0.3 is 14.6 Å². The van der Waals surface area contributed by atoms with E-state index in [1.807, 2.05) is 17.6 Å². The quantitative estimate of drug-likeness (QED) is 0.406. The molecule has 0 spiro atoms. The number of nitrogens with zero attached hydrogens (tertiary/aromatic N) is 3. The van der Waals surface area contributed by atoms with Gasteiger partial charge in [-0.05, 0) is 37.3 Å². The molecule has 0 saturated heterocycles. The molecule has 172 valence electrons. The molecule has 0 radical (unpaired) electrons. The van der Waals surface area contributed by atoms with Crippen LogP contribution in [0.25, 0.3) is 22.2 Å². The molecule has 0 aliphatic heterocycles. The summed E-state index contributed by atoms with van der Waals surface area (Å²) in [6.07, 6.45) is 1.39. The number of nitrogens with two attached hydrogens (primary N) is 1. The predicted molar refractivity (Wildman–Crippen MR) is 126 cm³/mol. The third-order valence-electron chi connectivity index (χ3n) is 5.24. The van der Waals surface area contributed by atoms with Crippen molar-refractivity contribution in [1.82, 2.24) is 14.5 Å². The van der Waals surface area contributed by atoms with Crippen LogP contribution in [0.1, 0.15) is 5.69 Å². The molecule has 0 bridgehead atoms. The molecule has 33 heavy (non-hydrogen) atoms. The topological polar surface area (TPSA) is 112 Å². The fraction of sp³-hybridized carbons (Fsp3) is 0.182. The Bertz CT molecular complexity index is 1460. The Morgan fingerprint density at radius 3 is 2.67 bits per heavy atom. The Morgan fingerprint density at radius 1 is 1.18 bits per heavy atom. The zero-order chi connectivity index (χ0) is 23.8. The Kier molecular flexibility index (Phi) is 6.24. The summed E-state index contributed by atoms with van der Waals surface area (Å²) < 4.78 is 44.9. The van der Waals surface area contributed by atoms with Crippen molar-refractivity contribution in [3.63, 3.8) is 0 Å². The smallest absolute Gasteiger partial charge is 0.239 e. The minimum Gasteiger partial charge on any atom is -0.496 e. The Hall–Kier alpha value is -3.21. The van der Waals surface area contributed by atoms with Crippen LogP contribution in [0.2, 0.25) is 5.02 Å². The number of rotatable bonds is 7. The number of hydrogen-bond donors (Lipinski definition) is 2. The predicted octanol–water partition coefficient (Wildman–Crippen LogP) is 3.97. The number of ether oxygens (including phenoxy) is 1. The van der Waals surface area contributed by atoms with Gasteiger partial charge in [0.05, 0.1) is 23.3 Å². The highest BCUT2D eigenvalue weighted by molar-refractivity contribution is 7.89.